The molecule has 2 aromatic rings. The number of hydrogen-bond donors (Lipinski definition) is 1. The summed E-state index contributed by atoms with van der Waals surface area (Å²) in [6, 6.07) is 9.55. The van der Waals surface area contributed by atoms with Gasteiger partial charge in [-0.3, -0.25) is 4.31 Å². The molecule has 0 aliphatic rings. The van der Waals surface area contributed by atoms with Gasteiger partial charge in [-0.15, -0.1) is 0 Å². The van der Waals surface area contributed by atoms with Crippen molar-refractivity contribution in [2.24, 2.45) is 0 Å². The first-order valence-electron chi connectivity index (χ1n) is 6.19. The quantitative estimate of drug-likeness (QED) is 0.876. The molecule has 2 aromatic carbocycles. The van der Waals surface area contributed by atoms with Gasteiger partial charge in [-0.25, -0.2) is 12.8 Å². The van der Waals surface area contributed by atoms with Gasteiger partial charge in [0.15, 0.2) is 0 Å². The summed E-state index contributed by atoms with van der Waals surface area (Å²) in [5.41, 5.74) is 6.18. The topological polar surface area (TPSA) is 63.4 Å². The molecule has 0 aliphatic heterocycles. The molecule has 4 nitrogen and oxygen atoms in total. The molecule has 2 rings (SSSR count). The van der Waals surface area contributed by atoms with E-state index in [1.807, 2.05) is 0 Å². The molecule has 0 saturated carbocycles. The maximum Gasteiger partial charge on any atom is 0.265 e. The SMILES string of the molecule is CCN(c1cccc(F)c1)S(=O)(=O)c1ccc(N)cc1Cl. The molecule has 0 saturated heterocycles. The predicted octanol–water partition coefficient (Wildman–Crippen LogP) is 3.28. The third-order valence-corrected chi connectivity index (χ3v) is 5.29. The zero-order valence-corrected chi connectivity index (χ0v) is 12.8. The maximum atomic E-state index is 13.3. The van der Waals surface area contributed by atoms with Crippen LogP contribution in [0.4, 0.5) is 15.8 Å². The van der Waals surface area contributed by atoms with Crippen molar-refractivity contribution < 1.29 is 12.8 Å². The highest BCUT2D eigenvalue weighted by molar-refractivity contribution is 7.93. The summed E-state index contributed by atoms with van der Waals surface area (Å²) >= 11 is 5.97. The van der Waals surface area contributed by atoms with Gasteiger partial charge in [0.1, 0.15) is 10.7 Å². The number of halogens is 2. The molecule has 21 heavy (non-hydrogen) atoms. The van der Waals surface area contributed by atoms with Crippen LogP contribution in [0.2, 0.25) is 5.02 Å². The summed E-state index contributed by atoms with van der Waals surface area (Å²) in [5, 5.41) is 0.0323. The number of hydrogen-bond acceptors (Lipinski definition) is 3. The van der Waals surface area contributed by atoms with Crippen molar-refractivity contribution in [2.45, 2.75) is 11.8 Å². The number of rotatable bonds is 4. The molecule has 0 bridgehead atoms. The number of benzene rings is 2. The lowest BCUT2D eigenvalue weighted by Crippen LogP contribution is -2.31. The van der Waals surface area contributed by atoms with Gasteiger partial charge >= 0.3 is 0 Å². The van der Waals surface area contributed by atoms with Crippen LogP contribution in [-0.4, -0.2) is 15.0 Å². The van der Waals surface area contributed by atoms with E-state index in [4.69, 9.17) is 17.3 Å². The molecule has 0 radical (unpaired) electrons. The van der Waals surface area contributed by atoms with Crippen LogP contribution in [0.3, 0.4) is 0 Å². The number of nitrogen functional groups attached to an aromatic ring is 1. The van der Waals surface area contributed by atoms with Gasteiger partial charge in [-0.1, -0.05) is 17.7 Å². The molecule has 0 spiro atoms. The molecular formula is C14H14ClFN2O2S. The predicted molar refractivity (Wildman–Crippen MR) is 82.5 cm³/mol. The van der Waals surface area contributed by atoms with Crippen molar-refractivity contribution in [2.75, 3.05) is 16.6 Å². The molecule has 0 unspecified atom stereocenters. The van der Waals surface area contributed by atoms with Gasteiger partial charge in [0.2, 0.25) is 0 Å². The third-order valence-electron chi connectivity index (χ3n) is 2.91. The standard InChI is InChI=1S/C14H14ClFN2O2S/c1-2-18(12-5-3-4-10(16)8-12)21(19,20)14-7-6-11(17)9-13(14)15/h3-9H,2,17H2,1H3. The smallest absolute Gasteiger partial charge is 0.265 e. The Bertz CT molecular complexity index is 765. The minimum absolute atomic E-state index is 0.0323. The van der Waals surface area contributed by atoms with E-state index in [9.17, 15) is 12.8 Å². The largest absolute Gasteiger partial charge is 0.399 e. The molecule has 0 aromatic heterocycles. The summed E-state index contributed by atoms with van der Waals surface area (Å²) in [6.07, 6.45) is 0. The Hall–Kier alpha value is -1.79. The van der Waals surface area contributed by atoms with Crippen LogP contribution >= 0.6 is 11.6 Å². The van der Waals surface area contributed by atoms with Crippen LogP contribution in [0, 0.1) is 5.82 Å². The Labute approximate surface area is 128 Å². The molecule has 0 heterocycles. The van der Waals surface area contributed by atoms with Crippen LogP contribution in [0.25, 0.3) is 0 Å². The van der Waals surface area contributed by atoms with Gasteiger partial charge in [0.05, 0.1) is 10.7 Å². The second-order valence-electron chi connectivity index (χ2n) is 4.34. The molecule has 2 N–H and O–H groups in total. The normalized spacial score (nSPS) is 11.4. The molecule has 0 atom stereocenters. The van der Waals surface area contributed by atoms with E-state index in [0.717, 1.165) is 10.4 Å². The van der Waals surface area contributed by atoms with Crippen LogP contribution in [0.15, 0.2) is 47.4 Å². The fraction of sp³-hybridized carbons (Fsp3) is 0.143. The van der Waals surface area contributed by atoms with Crippen LogP contribution < -0.4 is 10.0 Å². The highest BCUT2D eigenvalue weighted by atomic mass is 35.5. The minimum atomic E-state index is -3.89. The van der Waals surface area contributed by atoms with Gasteiger partial charge in [0, 0.05) is 12.2 Å². The Balaban J connectivity index is 2.54. The number of nitrogens with zero attached hydrogens (tertiary/aromatic N) is 1. The molecule has 0 fully saturated rings. The monoisotopic (exact) mass is 328 g/mol. The summed E-state index contributed by atoms with van der Waals surface area (Å²) in [7, 11) is -3.89. The summed E-state index contributed by atoms with van der Waals surface area (Å²) in [6.45, 7) is 1.81. The van der Waals surface area contributed by atoms with E-state index < -0.39 is 15.8 Å². The van der Waals surface area contributed by atoms with Crippen molar-refractivity contribution in [3.05, 3.63) is 53.3 Å². The fourth-order valence-corrected chi connectivity index (χ4v) is 3.96. The fourth-order valence-electron chi connectivity index (χ4n) is 1.97. The second-order valence-corrected chi connectivity index (χ2v) is 6.58. The summed E-state index contributed by atoms with van der Waals surface area (Å²) < 4.78 is 39.8. The molecule has 7 heteroatoms. The molecular weight excluding hydrogens is 315 g/mol. The Morgan fingerprint density at radius 1 is 1.24 bits per heavy atom. The van der Waals surface area contributed by atoms with E-state index in [2.05, 4.69) is 0 Å². The molecule has 0 amide bonds. The van der Waals surface area contributed by atoms with Gasteiger partial charge in [-0.05, 0) is 43.3 Å². The van der Waals surface area contributed by atoms with Crippen molar-refractivity contribution >= 4 is 33.0 Å². The van der Waals surface area contributed by atoms with Crippen LogP contribution in [-0.2, 0) is 10.0 Å². The van der Waals surface area contributed by atoms with Crippen LogP contribution in [0.1, 0.15) is 6.92 Å². The van der Waals surface area contributed by atoms with Gasteiger partial charge in [0.25, 0.3) is 10.0 Å². The Morgan fingerprint density at radius 2 is 1.95 bits per heavy atom. The third kappa shape index (κ3) is 3.11. The van der Waals surface area contributed by atoms with Gasteiger partial charge < -0.3 is 5.73 Å². The maximum absolute atomic E-state index is 13.3. The average molecular weight is 329 g/mol. The van der Waals surface area contributed by atoms with Crippen molar-refractivity contribution in [1.82, 2.24) is 0 Å². The number of anilines is 2. The zero-order valence-electron chi connectivity index (χ0n) is 11.3. The van der Waals surface area contributed by atoms with E-state index in [1.165, 1.54) is 36.4 Å². The summed E-state index contributed by atoms with van der Waals surface area (Å²) in [5.74, 6) is -0.510. The molecule has 112 valence electrons. The second kappa shape index (κ2) is 5.91. The molecule has 0 aliphatic carbocycles. The van der Waals surface area contributed by atoms with Crippen molar-refractivity contribution in [3.63, 3.8) is 0 Å². The lowest BCUT2D eigenvalue weighted by Gasteiger charge is -2.23. The summed E-state index contributed by atoms with van der Waals surface area (Å²) in [4.78, 5) is -0.0653. The first-order chi connectivity index (χ1) is 9.86. The minimum Gasteiger partial charge on any atom is -0.399 e. The van der Waals surface area contributed by atoms with Crippen LogP contribution in [0.5, 0.6) is 0 Å². The zero-order chi connectivity index (χ0) is 15.6. The van der Waals surface area contributed by atoms with Crippen molar-refractivity contribution in [1.29, 1.82) is 0 Å². The lowest BCUT2D eigenvalue weighted by atomic mass is 10.3. The first-order valence-corrected chi connectivity index (χ1v) is 8.01. The number of sulfonamides is 1. The van der Waals surface area contributed by atoms with E-state index in [1.54, 1.807) is 6.92 Å². The Morgan fingerprint density at radius 3 is 2.52 bits per heavy atom. The number of nitrogens with two attached hydrogens (primary N) is 1. The first kappa shape index (κ1) is 15.6. The average Bonchev–Trinajstić information content (AvgIpc) is 2.38. The van der Waals surface area contributed by atoms with Crippen molar-refractivity contribution in [3.8, 4) is 0 Å². The van der Waals surface area contributed by atoms with E-state index in [-0.39, 0.29) is 22.2 Å². The lowest BCUT2D eigenvalue weighted by molar-refractivity contribution is 0.591. The highest BCUT2D eigenvalue weighted by Crippen LogP contribution is 2.29. The highest BCUT2D eigenvalue weighted by Gasteiger charge is 2.26. The van der Waals surface area contributed by atoms with E-state index in [0.29, 0.717) is 5.69 Å². The van der Waals surface area contributed by atoms with E-state index >= 15 is 0 Å². The Kier molecular flexibility index (Phi) is 4.39. The van der Waals surface area contributed by atoms with Gasteiger partial charge in [-0.2, -0.15) is 0 Å².